The largest absolute Gasteiger partial charge is 0.465 e. The quantitative estimate of drug-likeness (QED) is 0.651. The van der Waals surface area contributed by atoms with Crippen LogP contribution in [0.3, 0.4) is 0 Å². The first-order valence-corrected chi connectivity index (χ1v) is 7.66. The highest BCUT2D eigenvalue weighted by atomic mass is 16.5. The molecule has 1 aromatic rings. The minimum Gasteiger partial charge on any atom is -0.465 e. The second-order valence-corrected chi connectivity index (χ2v) is 5.20. The molecule has 0 radical (unpaired) electrons. The number of nitrogens with zero attached hydrogens (tertiary/aromatic N) is 2. The third kappa shape index (κ3) is 4.81. The van der Waals surface area contributed by atoms with E-state index >= 15 is 0 Å². The lowest BCUT2D eigenvalue weighted by Crippen LogP contribution is -2.17. The molecule has 2 atom stereocenters. The van der Waals surface area contributed by atoms with Gasteiger partial charge in [-0.3, -0.25) is 4.79 Å². The number of ether oxygens (including phenoxy) is 2. The molecule has 6 heteroatoms. The van der Waals surface area contributed by atoms with Gasteiger partial charge in [-0.1, -0.05) is 32.3 Å². The van der Waals surface area contributed by atoms with E-state index in [1.807, 2.05) is 27.7 Å². The van der Waals surface area contributed by atoms with Crippen LogP contribution in [0.25, 0.3) is 0 Å². The van der Waals surface area contributed by atoms with Gasteiger partial charge in [0.15, 0.2) is 0 Å². The van der Waals surface area contributed by atoms with Crippen molar-refractivity contribution >= 4 is 5.97 Å². The van der Waals surface area contributed by atoms with Crippen LogP contribution in [-0.4, -0.2) is 29.3 Å². The molecule has 120 valence electrons. The summed E-state index contributed by atoms with van der Waals surface area (Å²) in [6.45, 7) is 10.7. The summed E-state index contributed by atoms with van der Waals surface area (Å²) in [6.07, 6.45) is 1.24. The Morgan fingerprint density at radius 3 is 2.48 bits per heavy atom. The minimum atomic E-state index is -0.495. The summed E-state index contributed by atoms with van der Waals surface area (Å²) < 4.78 is 16.0. The zero-order chi connectivity index (χ0) is 15.8. The number of carbonyl (C=O) groups excluding carboxylic acids is 1. The van der Waals surface area contributed by atoms with Gasteiger partial charge in [0.25, 0.3) is 0 Å². The van der Waals surface area contributed by atoms with E-state index in [2.05, 4.69) is 10.1 Å². The Hall–Kier alpha value is -1.43. The molecular formula is C15H26N2O4. The molecule has 2 unspecified atom stereocenters. The Kier molecular flexibility index (Phi) is 7.36. The number of esters is 1. The van der Waals surface area contributed by atoms with E-state index < -0.39 is 5.92 Å². The summed E-state index contributed by atoms with van der Waals surface area (Å²) in [5.74, 6) is 0.225. The molecule has 0 amide bonds. The summed E-state index contributed by atoms with van der Waals surface area (Å²) in [5, 5.41) is 3.98. The minimum absolute atomic E-state index is 0.225. The van der Waals surface area contributed by atoms with Crippen molar-refractivity contribution in [1.82, 2.24) is 10.1 Å². The number of carbonyl (C=O) groups is 1. The van der Waals surface area contributed by atoms with Crippen LogP contribution < -0.4 is 0 Å². The van der Waals surface area contributed by atoms with Crippen molar-refractivity contribution in [2.24, 2.45) is 5.92 Å². The maximum atomic E-state index is 12.0. The maximum Gasteiger partial charge on any atom is 0.318 e. The van der Waals surface area contributed by atoms with Gasteiger partial charge < -0.3 is 14.0 Å². The SMILES string of the molecule is CCCC(C(=O)OCC)c1nc(C(OCC)C(C)C)no1. The highest BCUT2D eigenvalue weighted by molar-refractivity contribution is 5.76. The van der Waals surface area contributed by atoms with Crippen LogP contribution in [-0.2, 0) is 14.3 Å². The molecule has 0 N–H and O–H groups in total. The van der Waals surface area contributed by atoms with E-state index in [0.29, 0.717) is 31.3 Å². The van der Waals surface area contributed by atoms with Gasteiger partial charge in [-0.2, -0.15) is 4.98 Å². The van der Waals surface area contributed by atoms with Crippen LogP contribution in [0.15, 0.2) is 4.52 Å². The van der Waals surface area contributed by atoms with Gasteiger partial charge in [0.1, 0.15) is 12.0 Å². The van der Waals surface area contributed by atoms with E-state index in [1.54, 1.807) is 6.92 Å². The standard InChI is InChI=1S/C15H26N2O4/c1-6-9-11(15(18)20-8-3)14-16-13(17-21-14)12(10(4)5)19-7-2/h10-12H,6-9H2,1-5H3. The Morgan fingerprint density at radius 2 is 1.95 bits per heavy atom. The molecule has 1 heterocycles. The van der Waals surface area contributed by atoms with Crippen molar-refractivity contribution in [3.63, 3.8) is 0 Å². The van der Waals surface area contributed by atoms with Crippen LogP contribution >= 0.6 is 0 Å². The average Bonchev–Trinajstić information content (AvgIpc) is 2.91. The second-order valence-electron chi connectivity index (χ2n) is 5.20. The van der Waals surface area contributed by atoms with Crippen LogP contribution in [0.4, 0.5) is 0 Å². The van der Waals surface area contributed by atoms with Gasteiger partial charge in [-0.05, 0) is 26.2 Å². The fourth-order valence-electron chi connectivity index (χ4n) is 2.12. The van der Waals surface area contributed by atoms with Crippen molar-refractivity contribution in [2.75, 3.05) is 13.2 Å². The normalized spacial score (nSPS) is 14.2. The number of rotatable bonds is 9. The van der Waals surface area contributed by atoms with E-state index in [4.69, 9.17) is 14.0 Å². The first-order valence-electron chi connectivity index (χ1n) is 7.66. The molecule has 21 heavy (non-hydrogen) atoms. The Balaban J connectivity index is 2.94. The van der Waals surface area contributed by atoms with Gasteiger partial charge in [0.05, 0.1) is 6.61 Å². The molecule has 0 aliphatic rings. The van der Waals surface area contributed by atoms with Crippen LogP contribution in [0.5, 0.6) is 0 Å². The van der Waals surface area contributed by atoms with Crippen molar-refractivity contribution < 1.29 is 18.8 Å². The van der Waals surface area contributed by atoms with E-state index in [9.17, 15) is 4.79 Å². The van der Waals surface area contributed by atoms with Crippen molar-refractivity contribution in [3.05, 3.63) is 11.7 Å². The molecule has 0 bridgehead atoms. The number of hydrogen-bond donors (Lipinski definition) is 0. The lowest BCUT2D eigenvalue weighted by Gasteiger charge is -2.16. The Labute approximate surface area is 126 Å². The topological polar surface area (TPSA) is 74.5 Å². The first-order chi connectivity index (χ1) is 10.0. The predicted molar refractivity (Wildman–Crippen MR) is 77.8 cm³/mol. The van der Waals surface area contributed by atoms with Crippen molar-refractivity contribution in [2.45, 2.75) is 59.5 Å². The molecule has 1 rings (SSSR count). The highest BCUT2D eigenvalue weighted by Crippen LogP contribution is 2.27. The van der Waals surface area contributed by atoms with Gasteiger partial charge >= 0.3 is 5.97 Å². The highest BCUT2D eigenvalue weighted by Gasteiger charge is 2.30. The molecule has 0 saturated carbocycles. The molecule has 1 aromatic heterocycles. The lowest BCUT2D eigenvalue weighted by molar-refractivity contribution is -0.145. The number of hydrogen-bond acceptors (Lipinski definition) is 6. The summed E-state index contributed by atoms with van der Waals surface area (Å²) in [5.41, 5.74) is 0. The zero-order valence-corrected chi connectivity index (χ0v) is 13.6. The molecule has 0 saturated heterocycles. The van der Waals surface area contributed by atoms with Gasteiger partial charge in [0.2, 0.25) is 11.7 Å². The van der Waals surface area contributed by atoms with E-state index in [1.165, 1.54) is 0 Å². The maximum absolute atomic E-state index is 12.0. The fraction of sp³-hybridized carbons (Fsp3) is 0.800. The molecular weight excluding hydrogens is 272 g/mol. The molecule has 6 nitrogen and oxygen atoms in total. The third-order valence-electron chi connectivity index (χ3n) is 3.11. The third-order valence-corrected chi connectivity index (χ3v) is 3.11. The van der Waals surface area contributed by atoms with Gasteiger partial charge in [-0.25, -0.2) is 0 Å². The Morgan fingerprint density at radius 1 is 1.24 bits per heavy atom. The molecule has 0 aliphatic heterocycles. The van der Waals surface area contributed by atoms with Crippen LogP contribution in [0.1, 0.15) is 71.2 Å². The molecule has 0 spiro atoms. The molecule has 0 aliphatic carbocycles. The van der Waals surface area contributed by atoms with Crippen molar-refractivity contribution in [1.29, 1.82) is 0 Å². The summed E-state index contributed by atoms with van der Waals surface area (Å²) >= 11 is 0. The second kappa shape index (κ2) is 8.77. The van der Waals surface area contributed by atoms with Crippen molar-refractivity contribution in [3.8, 4) is 0 Å². The number of aromatic nitrogens is 2. The van der Waals surface area contributed by atoms with Crippen LogP contribution in [0.2, 0.25) is 0 Å². The zero-order valence-electron chi connectivity index (χ0n) is 13.6. The predicted octanol–water partition coefficient (Wildman–Crippen LogP) is 3.25. The molecule has 0 aromatic carbocycles. The monoisotopic (exact) mass is 298 g/mol. The fourth-order valence-corrected chi connectivity index (χ4v) is 2.12. The van der Waals surface area contributed by atoms with Crippen LogP contribution in [0, 0.1) is 5.92 Å². The average molecular weight is 298 g/mol. The first kappa shape index (κ1) is 17.6. The van der Waals surface area contributed by atoms with E-state index in [0.717, 1.165) is 6.42 Å². The summed E-state index contributed by atoms with van der Waals surface area (Å²) in [6, 6.07) is 0. The van der Waals surface area contributed by atoms with Gasteiger partial charge in [-0.15, -0.1) is 0 Å². The molecule has 0 fully saturated rings. The smallest absolute Gasteiger partial charge is 0.318 e. The summed E-state index contributed by atoms with van der Waals surface area (Å²) in [4.78, 5) is 16.4. The summed E-state index contributed by atoms with van der Waals surface area (Å²) in [7, 11) is 0. The van der Waals surface area contributed by atoms with E-state index in [-0.39, 0.29) is 18.0 Å². The Bertz CT molecular complexity index is 431. The lowest BCUT2D eigenvalue weighted by atomic mass is 10.0. The van der Waals surface area contributed by atoms with Gasteiger partial charge in [0, 0.05) is 6.61 Å².